The third-order valence-corrected chi connectivity index (χ3v) is 7.13. The highest BCUT2D eigenvalue weighted by atomic mass is 32.1. The molecule has 7 nitrogen and oxygen atoms in total. The fourth-order valence-electron chi connectivity index (χ4n) is 3.79. The smallest absolute Gasteiger partial charge is 0.475 e. The average molecular weight is 490 g/mol. The minimum atomic E-state index is -5.08. The standard InChI is InChI=1S/C18H21N3O2S2.C2HF3O2/c1-19-10-17(23)21(14-4-8-24-11-14)13-18(19)5-6-20(12-18)16(22)9-15-3-2-7-25-15;3-2(4,5)1(6)7/h2-4,7-8,11H,5-6,9-10,12-13H2,1H3;(H,6,7). The second-order valence-electron chi connectivity index (χ2n) is 7.67. The summed E-state index contributed by atoms with van der Waals surface area (Å²) in [4.78, 5) is 41.2. The van der Waals surface area contributed by atoms with E-state index in [0.29, 0.717) is 26.1 Å². The Labute approximate surface area is 190 Å². The average Bonchev–Trinajstić information content (AvgIpc) is 3.47. The van der Waals surface area contributed by atoms with Crippen molar-refractivity contribution < 1.29 is 32.7 Å². The first kappa shape index (κ1) is 24.2. The summed E-state index contributed by atoms with van der Waals surface area (Å²) in [5, 5.41) is 13.2. The van der Waals surface area contributed by atoms with Gasteiger partial charge >= 0.3 is 12.1 Å². The van der Waals surface area contributed by atoms with Crippen LogP contribution in [-0.4, -0.2) is 77.6 Å². The van der Waals surface area contributed by atoms with Crippen molar-refractivity contribution in [2.45, 2.75) is 24.6 Å². The molecule has 174 valence electrons. The third-order valence-electron chi connectivity index (χ3n) is 5.59. The quantitative estimate of drug-likeness (QED) is 0.717. The fourth-order valence-corrected chi connectivity index (χ4v) is 5.13. The van der Waals surface area contributed by atoms with E-state index >= 15 is 0 Å². The van der Waals surface area contributed by atoms with Crippen molar-refractivity contribution in [3.63, 3.8) is 0 Å². The fraction of sp³-hybridized carbons (Fsp3) is 0.450. The van der Waals surface area contributed by atoms with Crippen molar-refractivity contribution >= 4 is 46.1 Å². The van der Waals surface area contributed by atoms with E-state index in [1.54, 1.807) is 22.7 Å². The molecule has 2 aromatic heterocycles. The SMILES string of the molecule is CN1CC(=O)N(c2ccsc2)CC12CCN(C(=O)Cc1cccs1)C2.O=C(O)C(F)(F)F. The number of alkyl halides is 3. The highest BCUT2D eigenvalue weighted by molar-refractivity contribution is 7.10. The number of nitrogens with zero attached hydrogens (tertiary/aromatic N) is 3. The molecule has 1 spiro atoms. The number of halogens is 3. The first-order chi connectivity index (χ1) is 15.0. The molecule has 0 aromatic carbocycles. The molecule has 0 aliphatic carbocycles. The molecule has 2 aliphatic rings. The molecule has 12 heteroatoms. The molecule has 1 unspecified atom stereocenters. The van der Waals surface area contributed by atoms with Gasteiger partial charge in [-0.3, -0.25) is 14.5 Å². The van der Waals surface area contributed by atoms with Crippen molar-refractivity contribution in [3.8, 4) is 0 Å². The summed E-state index contributed by atoms with van der Waals surface area (Å²) < 4.78 is 31.7. The topological polar surface area (TPSA) is 81.2 Å². The lowest BCUT2D eigenvalue weighted by Crippen LogP contribution is -2.64. The number of carboxylic acid groups (broad SMARTS) is 1. The zero-order valence-corrected chi connectivity index (χ0v) is 18.8. The Morgan fingerprint density at radius 1 is 1.22 bits per heavy atom. The van der Waals surface area contributed by atoms with Gasteiger partial charge in [-0.05, 0) is 36.4 Å². The van der Waals surface area contributed by atoms with Crippen LogP contribution in [0.2, 0.25) is 0 Å². The predicted molar refractivity (Wildman–Crippen MR) is 115 cm³/mol. The van der Waals surface area contributed by atoms with E-state index in [2.05, 4.69) is 4.90 Å². The molecule has 2 fully saturated rings. The molecule has 0 bridgehead atoms. The number of rotatable bonds is 3. The summed E-state index contributed by atoms with van der Waals surface area (Å²) >= 11 is 3.23. The van der Waals surface area contributed by atoms with Crippen LogP contribution in [0.4, 0.5) is 18.9 Å². The summed E-state index contributed by atoms with van der Waals surface area (Å²) in [6.45, 7) is 2.52. The van der Waals surface area contributed by atoms with Crippen LogP contribution in [0.15, 0.2) is 34.3 Å². The van der Waals surface area contributed by atoms with Gasteiger partial charge < -0.3 is 14.9 Å². The number of carbonyl (C=O) groups is 3. The Hall–Kier alpha value is -2.44. The van der Waals surface area contributed by atoms with E-state index in [1.165, 1.54) is 0 Å². The van der Waals surface area contributed by atoms with E-state index in [9.17, 15) is 22.8 Å². The molecular weight excluding hydrogens is 467 g/mol. The molecule has 2 aliphatic heterocycles. The highest BCUT2D eigenvalue weighted by Gasteiger charge is 2.48. The van der Waals surface area contributed by atoms with E-state index in [1.807, 2.05) is 51.2 Å². The highest BCUT2D eigenvalue weighted by Crippen LogP contribution is 2.34. The predicted octanol–water partition coefficient (Wildman–Crippen LogP) is 2.94. The van der Waals surface area contributed by atoms with Gasteiger partial charge in [0.15, 0.2) is 0 Å². The molecule has 0 saturated carbocycles. The van der Waals surface area contributed by atoms with Gasteiger partial charge in [0.25, 0.3) is 0 Å². The number of carbonyl (C=O) groups excluding carboxylic acids is 2. The molecule has 4 heterocycles. The Morgan fingerprint density at radius 3 is 2.50 bits per heavy atom. The molecule has 0 radical (unpaired) electrons. The zero-order valence-electron chi connectivity index (χ0n) is 17.2. The van der Waals surface area contributed by atoms with Gasteiger partial charge in [-0.25, -0.2) is 4.79 Å². The van der Waals surface area contributed by atoms with Crippen molar-refractivity contribution in [3.05, 3.63) is 39.2 Å². The molecule has 2 aromatic rings. The third kappa shape index (κ3) is 5.48. The van der Waals surface area contributed by atoms with Crippen LogP contribution in [0, 0.1) is 0 Å². The molecule has 32 heavy (non-hydrogen) atoms. The Morgan fingerprint density at radius 2 is 1.94 bits per heavy atom. The van der Waals surface area contributed by atoms with E-state index in [4.69, 9.17) is 9.90 Å². The van der Waals surface area contributed by atoms with Gasteiger partial charge in [-0.2, -0.15) is 24.5 Å². The second-order valence-corrected chi connectivity index (χ2v) is 9.48. The molecule has 2 saturated heterocycles. The van der Waals surface area contributed by atoms with Gasteiger partial charge in [-0.15, -0.1) is 11.3 Å². The van der Waals surface area contributed by atoms with Crippen LogP contribution in [0.5, 0.6) is 0 Å². The summed E-state index contributed by atoms with van der Waals surface area (Å²) in [5.41, 5.74) is 0.840. The maximum absolute atomic E-state index is 12.7. The molecule has 4 rings (SSSR count). The van der Waals surface area contributed by atoms with Crippen LogP contribution < -0.4 is 4.90 Å². The van der Waals surface area contributed by atoms with Crippen molar-refractivity contribution in [1.29, 1.82) is 0 Å². The largest absolute Gasteiger partial charge is 0.490 e. The van der Waals surface area contributed by atoms with Crippen LogP contribution in [0.1, 0.15) is 11.3 Å². The number of amides is 2. The molecule has 2 amide bonds. The first-order valence-electron chi connectivity index (χ1n) is 9.66. The lowest BCUT2D eigenvalue weighted by Gasteiger charge is -2.46. The van der Waals surface area contributed by atoms with Crippen LogP contribution in [-0.2, 0) is 20.8 Å². The summed E-state index contributed by atoms with van der Waals surface area (Å²) in [6, 6.07) is 5.99. The summed E-state index contributed by atoms with van der Waals surface area (Å²) in [5.74, 6) is -2.44. The summed E-state index contributed by atoms with van der Waals surface area (Å²) in [7, 11) is 2.01. The van der Waals surface area contributed by atoms with Crippen molar-refractivity contribution in [2.75, 3.05) is 38.1 Å². The maximum Gasteiger partial charge on any atom is 0.490 e. The lowest BCUT2D eigenvalue weighted by molar-refractivity contribution is -0.192. The second kappa shape index (κ2) is 9.59. The monoisotopic (exact) mass is 489 g/mol. The number of likely N-dealkylation sites (N-methyl/N-ethyl adjacent to an activating group) is 1. The number of aliphatic carboxylic acids is 1. The van der Waals surface area contributed by atoms with E-state index in [-0.39, 0.29) is 17.4 Å². The van der Waals surface area contributed by atoms with Crippen LogP contribution in [0.25, 0.3) is 0 Å². The number of hydrogen-bond donors (Lipinski definition) is 1. The van der Waals surface area contributed by atoms with Gasteiger partial charge in [0.1, 0.15) is 0 Å². The molecule has 1 atom stereocenters. The number of carboxylic acids is 1. The normalized spacial score (nSPS) is 21.6. The minimum absolute atomic E-state index is 0.134. The number of piperazine rings is 1. The van der Waals surface area contributed by atoms with Gasteiger partial charge in [0.2, 0.25) is 11.8 Å². The van der Waals surface area contributed by atoms with Crippen molar-refractivity contribution in [1.82, 2.24) is 9.80 Å². The minimum Gasteiger partial charge on any atom is -0.475 e. The number of anilines is 1. The lowest BCUT2D eigenvalue weighted by atomic mass is 9.93. The number of hydrogen-bond acceptors (Lipinski definition) is 6. The van der Waals surface area contributed by atoms with E-state index in [0.717, 1.165) is 23.5 Å². The maximum atomic E-state index is 12.7. The number of likely N-dealkylation sites (tertiary alicyclic amines) is 1. The molecular formula is C20H22F3N3O4S2. The summed E-state index contributed by atoms with van der Waals surface area (Å²) in [6.07, 6.45) is -3.70. The van der Waals surface area contributed by atoms with E-state index < -0.39 is 12.1 Å². The number of thiophene rings is 2. The zero-order chi connectivity index (χ0) is 23.5. The van der Waals surface area contributed by atoms with Gasteiger partial charge in [0, 0.05) is 29.9 Å². The Balaban J connectivity index is 0.000000360. The van der Waals surface area contributed by atoms with Crippen LogP contribution >= 0.6 is 22.7 Å². The van der Waals surface area contributed by atoms with Crippen LogP contribution in [0.3, 0.4) is 0 Å². The Bertz CT molecular complexity index is 950. The Kier molecular flexibility index (Phi) is 7.25. The van der Waals surface area contributed by atoms with Crippen molar-refractivity contribution in [2.24, 2.45) is 0 Å². The van der Waals surface area contributed by atoms with Gasteiger partial charge in [-0.1, -0.05) is 6.07 Å². The first-order valence-corrected chi connectivity index (χ1v) is 11.5. The molecule has 1 N–H and O–H groups in total. The van der Waals surface area contributed by atoms with Gasteiger partial charge in [0.05, 0.1) is 24.2 Å².